The van der Waals surface area contributed by atoms with E-state index in [1.807, 2.05) is 12.1 Å². The van der Waals surface area contributed by atoms with Gasteiger partial charge in [0.2, 0.25) is 0 Å². The van der Waals surface area contributed by atoms with Crippen LogP contribution in [0.5, 0.6) is 5.75 Å². The Hall–Kier alpha value is -1.06. The van der Waals surface area contributed by atoms with E-state index in [9.17, 15) is 0 Å². The molecule has 1 aromatic carbocycles. The largest absolute Gasteiger partial charge is 0.489 e. The maximum Gasteiger partial charge on any atom is 0.120 e. The SMILES string of the molecule is CCNC1CCCCC1Oc1cccc(COC)c1. The van der Waals surface area contributed by atoms with E-state index in [4.69, 9.17) is 9.47 Å². The quantitative estimate of drug-likeness (QED) is 0.855. The van der Waals surface area contributed by atoms with Crippen molar-refractivity contribution in [3.8, 4) is 5.75 Å². The van der Waals surface area contributed by atoms with Crippen molar-refractivity contribution in [2.45, 2.75) is 51.4 Å². The van der Waals surface area contributed by atoms with Gasteiger partial charge in [0.15, 0.2) is 0 Å². The Kier molecular flexibility index (Phi) is 5.67. The van der Waals surface area contributed by atoms with Crippen LogP contribution in [0.25, 0.3) is 0 Å². The highest BCUT2D eigenvalue weighted by molar-refractivity contribution is 5.28. The van der Waals surface area contributed by atoms with E-state index >= 15 is 0 Å². The van der Waals surface area contributed by atoms with Gasteiger partial charge in [-0.3, -0.25) is 0 Å². The molecule has 106 valence electrons. The monoisotopic (exact) mass is 263 g/mol. The third-order valence-electron chi connectivity index (χ3n) is 3.67. The Bertz CT molecular complexity index is 379. The van der Waals surface area contributed by atoms with Crippen LogP contribution in [0.3, 0.4) is 0 Å². The van der Waals surface area contributed by atoms with Crippen molar-refractivity contribution in [1.82, 2.24) is 5.32 Å². The predicted octanol–water partition coefficient (Wildman–Crippen LogP) is 3.13. The van der Waals surface area contributed by atoms with Gasteiger partial charge >= 0.3 is 0 Å². The second kappa shape index (κ2) is 7.51. The third kappa shape index (κ3) is 4.22. The molecule has 19 heavy (non-hydrogen) atoms. The highest BCUT2D eigenvalue weighted by Gasteiger charge is 2.25. The summed E-state index contributed by atoms with van der Waals surface area (Å²) in [4.78, 5) is 0. The Labute approximate surface area is 116 Å². The predicted molar refractivity (Wildman–Crippen MR) is 77.5 cm³/mol. The van der Waals surface area contributed by atoms with Crippen LogP contribution in [-0.2, 0) is 11.3 Å². The van der Waals surface area contributed by atoms with Crippen LogP contribution in [-0.4, -0.2) is 25.8 Å². The molecule has 2 unspecified atom stereocenters. The first-order valence-corrected chi connectivity index (χ1v) is 7.31. The molecule has 3 heteroatoms. The second-order valence-corrected chi connectivity index (χ2v) is 5.19. The van der Waals surface area contributed by atoms with Gasteiger partial charge in [-0.25, -0.2) is 0 Å². The summed E-state index contributed by atoms with van der Waals surface area (Å²) < 4.78 is 11.4. The van der Waals surface area contributed by atoms with Crippen molar-refractivity contribution < 1.29 is 9.47 Å². The molecule has 0 amide bonds. The summed E-state index contributed by atoms with van der Waals surface area (Å²) in [6, 6.07) is 8.72. The van der Waals surface area contributed by atoms with Gasteiger partial charge < -0.3 is 14.8 Å². The molecule has 0 aliphatic heterocycles. The van der Waals surface area contributed by atoms with Gasteiger partial charge in [-0.15, -0.1) is 0 Å². The summed E-state index contributed by atoms with van der Waals surface area (Å²) in [6.45, 7) is 3.80. The lowest BCUT2D eigenvalue weighted by molar-refractivity contribution is 0.114. The van der Waals surface area contributed by atoms with Gasteiger partial charge in [0.1, 0.15) is 11.9 Å². The maximum absolute atomic E-state index is 6.19. The number of benzene rings is 1. The van der Waals surface area contributed by atoms with Gasteiger partial charge in [-0.2, -0.15) is 0 Å². The van der Waals surface area contributed by atoms with Crippen LogP contribution in [0.15, 0.2) is 24.3 Å². The zero-order chi connectivity index (χ0) is 13.5. The molecule has 0 spiro atoms. The van der Waals surface area contributed by atoms with Crippen LogP contribution in [0, 0.1) is 0 Å². The molecule has 1 N–H and O–H groups in total. The van der Waals surface area contributed by atoms with E-state index in [0.29, 0.717) is 18.8 Å². The van der Waals surface area contributed by atoms with E-state index in [-0.39, 0.29) is 0 Å². The highest BCUT2D eigenvalue weighted by Crippen LogP contribution is 2.24. The number of hydrogen-bond acceptors (Lipinski definition) is 3. The summed E-state index contributed by atoms with van der Waals surface area (Å²) >= 11 is 0. The van der Waals surface area contributed by atoms with Crippen molar-refractivity contribution in [2.75, 3.05) is 13.7 Å². The standard InChI is InChI=1S/C16H25NO2/c1-3-17-15-9-4-5-10-16(15)19-14-8-6-7-13(11-14)12-18-2/h6-8,11,15-17H,3-5,9-10,12H2,1-2H3. The van der Waals surface area contributed by atoms with Gasteiger partial charge in [-0.1, -0.05) is 25.5 Å². The molecule has 0 saturated heterocycles. The first-order chi connectivity index (χ1) is 9.33. The lowest BCUT2D eigenvalue weighted by Crippen LogP contribution is -2.45. The number of ether oxygens (including phenoxy) is 2. The molecule has 2 atom stereocenters. The van der Waals surface area contributed by atoms with Crippen LogP contribution < -0.4 is 10.1 Å². The van der Waals surface area contributed by atoms with Crippen molar-refractivity contribution >= 4 is 0 Å². The van der Waals surface area contributed by atoms with Gasteiger partial charge in [0.25, 0.3) is 0 Å². The fourth-order valence-electron chi connectivity index (χ4n) is 2.78. The number of methoxy groups -OCH3 is 1. The van der Waals surface area contributed by atoms with Crippen molar-refractivity contribution in [2.24, 2.45) is 0 Å². The molecule has 1 aliphatic rings. The smallest absolute Gasteiger partial charge is 0.120 e. The summed E-state index contributed by atoms with van der Waals surface area (Å²) in [7, 11) is 1.72. The molecule has 1 saturated carbocycles. The minimum Gasteiger partial charge on any atom is -0.489 e. The molecule has 0 radical (unpaired) electrons. The van der Waals surface area contributed by atoms with E-state index in [1.165, 1.54) is 19.3 Å². The number of likely N-dealkylation sites (N-methyl/N-ethyl adjacent to an activating group) is 1. The number of rotatable bonds is 6. The zero-order valence-corrected chi connectivity index (χ0v) is 12.0. The summed E-state index contributed by atoms with van der Waals surface area (Å²) in [6.07, 6.45) is 5.24. The number of hydrogen-bond donors (Lipinski definition) is 1. The minimum atomic E-state index is 0.298. The van der Waals surface area contributed by atoms with Crippen LogP contribution in [0.4, 0.5) is 0 Å². The first-order valence-electron chi connectivity index (χ1n) is 7.31. The lowest BCUT2D eigenvalue weighted by Gasteiger charge is -2.32. The molecule has 0 heterocycles. The Morgan fingerprint density at radius 1 is 1.26 bits per heavy atom. The van der Waals surface area contributed by atoms with Gasteiger partial charge in [0, 0.05) is 13.2 Å². The molecule has 1 aliphatic carbocycles. The first kappa shape index (κ1) is 14.4. The van der Waals surface area contributed by atoms with E-state index in [1.54, 1.807) is 7.11 Å². The van der Waals surface area contributed by atoms with Crippen molar-refractivity contribution in [3.63, 3.8) is 0 Å². The van der Waals surface area contributed by atoms with Crippen LogP contribution in [0.1, 0.15) is 38.2 Å². The Morgan fingerprint density at radius 2 is 2.11 bits per heavy atom. The van der Waals surface area contributed by atoms with Crippen molar-refractivity contribution in [3.05, 3.63) is 29.8 Å². The van der Waals surface area contributed by atoms with E-state index in [2.05, 4.69) is 24.4 Å². The average Bonchev–Trinajstić information content (AvgIpc) is 2.42. The number of nitrogens with one attached hydrogen (secondary N) is 1. The normalized spacial score (nSPS) is 23.3. The molecule has 2 rings (SSSR count). The summed E-state index contributed by atoms with van der Waals surface area (Å²) in [5, 5.41) is 3.54. The van der Waals surface area contributed by atoms with Gasteiger partial charge in [0.05, 0.1) is 6.61 Å². The second-order valence-electron chi connectivity index (χ2n) is 5.19. The Morgan fingerprint density at radius 3 is 2.89 bits per heavy atom. The molecular weight excluding hydrogens is 238 g/mol. The fourth-order valence-corrected chi connectivity index (χ4v) is 2.78. The van der Waals surface area contributed by atoms with Crippen LogP contribution in [0.2, 0.25) is 0 Å². The minimum absolute atomic E-state index is 0.298. The summed E-state index contributed by atoms with van der Waals surface area (Å²) in [5.41, 5.74) is 1.16. The molecule has 3 nitrogen and oxygen atoms in total. The topological polar surface area (TPSA) is 30.5 Å². The Balaban J connectivity index is 1.99. The van der Waals surface area contributed by atoms with E-state index < -0.39 is 0 Å². The highest BCUT2D eigenvalue weighted by atomic mass is 16.5. The molecule has 0 aromatic heterocycles. The van der Waals surface area contributed by atoms with Gasteiger partial charge in [-0.05, 0) is 43.5 Å². The van der Waals surface area contributed by atoms with Crippen molar-refractivity contribution in [1.29, 1.82) is 0 Å². The maximum atomic E-state index is 6.19. The zero-order valence-electron chi connectivity index (χ0n) is 12.0. The molecule has 1 fully saturated rings. The molecular formula is C16H25NO2. The molecule has 0 bridgehead atoms. The fraction of sp³-hybridized carbons (Fsp3) is 0.625. The van der Waals surface area contributed by atoms with Crippen LogP contribution >= 0.6 is 0 Å². The average molecular weight is 263 g/mol. The lowest BCUT2D eigenvalue weighted by atomic mass is 9.92. The third-order valence-corrected chi connectivity index (χ3v) is 3.67. The summed E-state index contributed by atoms with van der Waals surface area (Å²) in [5.74, 6) is 0.962. The molecule has 1 aromatic rings. The van der Waals surface area contributed by atoms with E-state index in [0.717, 1.165) is 24.3 Å².